The normalized spacial score (nSPS) is 9.60. The number of guanidine groups is 1. The molecular weight excluding hydrogens is 332 g/mol. The first kappa shape index (κ1) is 19.4. The molecule has 0 aliphatic carbocycles. The monoisotopic (exact) mass is 350 g/mol. The number of carbonyl (C=O) groups excluding carboxylic acids is 4. The summed E-state index contributed by atoms with van der Waals surface area (Å²) in [6, 6.07) is 5.86. The van der Waals surface area contributed by atoms with Gasteiger partial charge in [0.1, 0.15) is 0 Å². The fourth-order valence-electron chi connectivity index (χ4n) is 1.51. The molecule has 11 nitrogen and oxygen atoms in total. The summed E-state index contributed by atoms with van der Waals surface area (Å²) in [7, 11) is 0. The highest BCUT2D eigenvalue weighted by atomic mass is 16.5. The second kappa shape index (κ2) is 9.50. The Bertz CT molecular complexity index is 681. The van der Waals surface area contributed by atoms with Gasteiger partial charge in [0, 0.05) is 0 Å². The Morgan fingerprint density at radius 1 is 0.920 bits per heavy atom. The van der Waals surface area contributed by atoms with Gasteiger partial charge in [-0.25, -0.2) is 9.79 Å². The van der Waals surface area contributed by atoms with Gasteiger partial charge in [0.05, 0.1) is 24.3 Å². The van der Waals surface area contributed by atoms with E-state index in [0.717, 1.165) is 0 Å². The fourth-order valence-corrected chi connectivity index (χ4v) is 1.51. The van der Waals surface area contributed by atoms with Crippen molar-refractivity contribution in [3.05, 3.63) is 29.8 Å². The smallest absolute Gasteiger partial charge is 0.338 e. The summed E-state index contributed by atoms with van der Waals surface area (Å²) in [5.74, 6) is -2.84. The molecule has 0 fully saturated rings. The highest BCUT2D eigenvalue weighted by Crippen LogP contribution is 2.13. The van der Waals surface area contributed by atoms with Crippen LogP contribution in [-0.2, 0) is 19.1 Å². The molecule has 25 heavy (non-hydrogen) atoms. The van der Waals surface area contributed by atoms with Crippen molar-refractivity contribution < 1.29 is 23.9 Å². The van der Waals surface area contributed by atoms with Crippen LogP contribution in [0.3, 0.4) is 0 Å². The first-order chi connectivity index (χ1) is 11.8. The van der Waals surface area contributed by atoms with Gasteiger partial charge in [-0.3, -0.25) is 14.4 Å². The number of aliphatic imine (C=N–C) groups is 1. The number of hydrogen-bond donors (Lipinski definition) is 5. The molecule has 0 saturated carbocycles. The number of nitrogens with zero attached hydrogens (tertiary/aromatic N) is 1. The molecule has 0 aliphatic rings. The van der Waals surface area contributed by atoms with Crippen molar-refractivity contribution in [2.45, 2.75) is 0 Å². The third kappa shape index (κ3) is 7.97. The lowest BCUT2D eigenvalue weighted by molar-refractivity contribution is -0.128. The highest BCUT2D eigenvalue weighted by Gasteiger charge is 2.11. The van der Waals surface area contributed by atoms with Gasteiger partial charge in [0.25, 0.3) is 5.91 Å². The van der Waals surface area contributed by atoms with Crippen LogP contribution in [0, 0.1) is 0 Å². The number of ether oxygens (including phenoxy) is 1. The van der Waals surface area contributed by atoms with Gasteiger partial charge in [-0.15, -0.1) is 0 Å². The molecule has 0 spiro atoms. The quantitative estimate of drug-likeness (QED) is 0.194. The van der Waals surface area contributed by atoms with Crippen LogP contribution >= 0.6 is 0 Å². The summed E-state index contributed by atoms with van der Waals surface area (Å²) in [4.78, 5) is 48.8. The first-order valence-corrected chi connectivity index (χ1v) is 6.96. The van der Waals surface area contributed by atoms with Gasteiger partial charge in [-0.1, -0.05) is 0 Å². The summed E-state index contributed by atoms with van der Waals surface area (Å²) < 4.78 is 4.80. The maximum absolute atomic E-state index is 11.8. The molecule has 1 aromatic rings. The second-order valence-corrected chi connectivity index (χ2v) is 4.68. The lowest BCUT2D eigenvalue weighted by atomic mass is 10.2. The van der Waals surface area contributed by atoms with Gasteiger partial charge >= 0.3 is 5.97 Å². The number of amides is 3. The summed E-state index contributed by atoms with van der Waals surface area (Å²) in [5.41, 5.74) is 16.0. The number of hydrogen-bond acceptors (Lipinski definition) is 6. The standard InChI is InChI=1S/C14H18N6O5/c15-10(21)5-18-11(22)6-19-12(23)7-25-13(24)8-1-3-9(4-2-8)20-14(16)17/h1-4H,5-7H2,(H2,15,21)(H,18,22)(H,19,23)(H4,16,17,20). The van der Waals surface area contributed by atoms with E-state index in [-0.39, 0.29) is 24.6 Å². The van der Waals surface area contributed by atoms with Crippen molar-refractivity contribution in [3.63, 3.8) is 0 Å². The van der Waals surface area contributed by atoms with Gasteiger partial charge in [-0.2, -0.15) is 0 Å². The number of primary amides is 1. The predicted molar refractivity (Wildman–Crippen MR) is 87.4 cm³/mol. The zero-order chi connectivity index (χ0) is 18.8. The van der Waals surface area contributed by atoms with E-state index in [1.54, 1.807) is 0 Å². The Kier molecular flexibility index (Phi) is 7.38. The summed E-state index contributed by atoms with van der Waals surface area (Å²) in [5, 5.41) is 4.40. The molecule has 1 aromatic carbocycles. The van der Waals surface area contributed by atoms with Crippen molar-refractivity contribution in [2.75, 3.05) is 19.7 Å². The van der Waals surface area contributed by atoms with Crippen molar-refractivity contribution in [3.8, 4) is 0 Å². The number of benzene rings is 1. The van der Waals surface area contributed by atoms with Gasteiger partial charge in [-0.05, 0) is 24.3 Å². The number of carbonyl (C=O) groups is 4. The zero-order valence-corrected chi connectivity index (χ0v) is 13.2. The van der Waals surface area contributed by atoms with E-state index in [4.69, 9.17) is 21.9 Å². The predicted octanol–water partition coefficient (Wildman–Crippen LogP) is -2.53. The second-order valence-electron chi connectivity index (χ2n) is 4.68. The first-order valence-electron chi connectivity index (χ1n) is 6.96. The Balaban J connectivity index is 2.38. The third-order valence-electron chi connectivity index (χ3n) is 2.60. The van der Waals surface area contributed by atoms with E-state index in [0.29, 0.717) is 5.69 Å². The van der Waals surface area contributed by atoms with Crippen LogP contribution in [0.4, 0.5) is 5.69 Å². The van der Waals surface area contributed by atoms with Crippen molar-refractivity contribution in [2.24, 2.45) is 22.2 Å². The maximum atomic E-state index is 11.8. The van der Waals surface area contributed by atoms with E-state index in [1.165, 1.54) is 24.3 Å². The van der Waals surface area contributed by atoms with Gasteiger partial charge in [0.2, 0.25) is 11.8 Å². The molecule has 0 atom stereocenters. The minimum Gasteiger partial charge on any atom is -0.452 e. The minimum atomic E-state index is -0.732. The third-order valence-corrected chi connectivity index (χ3v) is 2.60. The van der Waals surface area contributed by atoms with Crippen LogP contribution in [-0.4, -0.2) is 49.3 Å². The number of rotatable bonds is 8. The summed E-state index contributed by atoms with van der Waals surface area (Å²) in [6.07, 6.45) is 0. The Morgan fingerprint density at radius 2 is 1.52 bits per heavy atom. The van der Waals surface area contributed by atoms with Gasteiger partial charge in [0.15, 0.2) is 12.6 Å². The summed E-state index contributed by atoms with van der Waals surface area (Å²) >= 11 is 0. The van der Waals surface area contributed by atoms with E-state index in [1.807, 2.05) is 0 Å². The molecule has 11 heteroatoms. The van der Waals surface area contributed by atoms with Crippen LogP contribution in [0.2, 0.25) is 0 Å². The average molecular weight is 350 g/mol. The molecule has 0 unspecified atom stereocenters. The topological polar surface area (TPSA) is 192 Å². The number of nitrogens with one attached hydrogen (secondary N) is 2. The molecule has 8 N–H and O–H groups in total. The van der Waals surface area contributed by atoms with E-state index in [2.05, 4.69) is 15.6 Å². The molecule has 134 valence electrons. The van der Waals surface area contributed by atoms with Crippen LogP contribution in [0.25, 0.3) is 0 Å². The van der Waals surface area contributed by atoms with Crippen LogP contribution in [0.1, 0.15) is 10.4 Å². The fraction of sp³-hybridized carbons (Fsp3) is 0.214. The van der Waals surface area contributed by atoms with Crippen molar-refractivity contribution >= 4 is 35.3 Å². The molecule has 0 bridgehead atoms. The van der Waals surface area contributed by atoms with Crippen LogP contribution < -0.4 is 27.8 Å². The van der Waals surface area contributed by atoms with E-state index < -0.39 is 30.3 Å². The molecule has 0 aliphatic heterocycles. The number of nitrogens with two attached hydrogens (primary N) is 3. The zero-order valence-electron chi connectivity index (χ0n) is 13.2. The van der Waals surface area contributed by atoms with E-state index >= 15 is 0 Å². The van der Waals surface area contributed by atoms with Crippen molar-refractivity contribution in [1.29, 1.82) is 0 Å². The number of esters is 1. The maximum Gasteiger partial charge on any atom is 0.338 e. The molecule has 3 amide bonds. The van der Waals surface area contributed by atoms with Crippen LogP contribution in [0.15, 0.2) is 29.3 Å². The molecule has 0 radical (unpaired) electrons. The summed E-state index contributed by atoms with van der Waals surface area (Å²) in [6.45, 7) is -1.28. The Hall–Kier alpha value is -3.63. The lowest BCUT2D eigenvalue weighted by Gasteiger charge is -2.07. The lowest BCUT2D eigenvalue weighted by Crippen LogP contribution is -2.41. The molecule has 0 saturated heterocycles. The Morgan fingerprint density at radius 3 is 2.08 bits per heavy atom. The molecular formula is C14H18N6O5. The Labute approximate surface area is 142 Å². The molecule has 0 aromatic heterocycles. The SMILES string of the molecule is NC(=O)CNC(=O)CNC(=O)COC(=O)c1ccc(N=C(N)N)cc1. The van der Waals surface area contributed by atoms with Crippen LogP contribution in [0.5, 0.6) is 0 Å². The van der Waals surface area contributed by atoms with E-state index in [9.17, 15) is 19.2 Å². The van der Waals surface area contributed by atoms with Gasteiger partial charge < -0.3 is 32.6 Å². The average Bonchev–Trinajstić information content (AvgIpc) is 2.56. The molecule has 1 rings (SSSR count). The minimum absolute atomic E-state index is 0.119. The largest absolute Gasteiger partial charge is 0.452 e. The highest BCUT2D eigenvalue weighted by molar-refractivity contribution is 5.92. The molecule has 0 heterocycles. The van der Waals surface area contributed by atoms with Crippen molar-refractivity contribution in [1.82, 2.24) is 10.6 Å².